The van der Waals surface area contributed by atoms with Crippen molar-refractivity contribution >= 4 is 5.97 Å². The van der Waals surface area contributed by atoms with Crippen LogP contribution in [0.1, 0.15) is 31.0 Å². The summed E-state index contributed by atoms with van der Waals surface area (Å²) in [6, 6.07) is 9.13. The molecule has 0 amide bonds. The lowest BCUT2D eigenvalue weighted by molar-refractivity contribution is -0.150. The molecule has 27 heavy (non-hydrogen) atoms. The molecule has 146 valence electrons. The molecule has 2 heterocycles. The fourth-order valence-electron chi connectivity index (χ4n) is 3.58. The highest BCUT2D eigenvalue weighted by molar-refractivity contribution is 5.72. The molecule has 0 radical (unpaired) electrons. The number of carbonyl (C=O) groups excluding carboxylic acids is 1. The number of likely N-dealkylation sites (tertiary alicyclic amines) is 1. The molecule has 1 aromatic heterocycles. The number of aromatic nitrogens is 1. The molecule has 1 aromatic carbocycles. The molecule has 1 atom stereocenters. The van der Waals surface area contributed by atoms with Crippen molar-refractivity contribution in [1.82, 2.24) is 9.47 Å². The van der Waals surface area contributed by atoms with Gasteiger partial charge < -0.3 is 9.30 Å². The number of para-hydroxylation sites is 1. The van der Waals surface area contributed by atoms with Crippen LogP contribution in [0.4, 0.5) is 13.2 Å². The van der Waals surface area contributed by atoms with E-state index in [9.17, 15) is 18.0 Å². The van der Waals surface area contributed by atoms with E-state index in [1.54, 1.807) is 29.8 Å². The van der Waals surface area contributed by atoms with Gasteiger partial charge in [-0.15, -0.1) is 0 Å². The number of rotatable bonds is 5. The van der Waals surface area contributed by atoms with Crippen molar-refractivity contribution < 1.29 is 22.7 Å². The smallest absolute Gasteiger partial charge is 0.418 e. The number of hydrogen-bond acceptors (Lipinski definition) is 3. The van der Waals surface area contributed by atoms with Gasteiger partial charge in [0.1, 0.15) is 0 Å². The zero-order chi connectivity index (χ0) is 19.4. The minimum absolute atomic E-state index is 0.115. The monoisotopic (exact) mass is 380 g/mol. The number of esters is 1. The summed E-state index contributed by atoms with van der Waals surface area (Å²) in [6.07, 6.45) is -1.12. The Morgan fingerprint density at radius 1 is 1.22 bits per heavy atom. The van der Waals surface area contributed by atoms with Gasteiger partial charge in [-0.05, 0) is 50.6 Å². The minimum atomic E-state index is -4.42. The Morgan fingerprint density at radius 2 is 2.00 bits per heavy atom. The SMILES string of the molecule is CCOC(=O)C1CCCN(Cc2cccn2-c2ccccc2C(F)(F)F)C1. The topological polar surface area (TPSA) is 34.5 Å². The van der Waals surface area contributed by atoms with Crippen molar-refractivity contribution in [1.29, 1.82) is 0 Å². The Labute approximate surface area is 156 Å². The molecular weight excluding hydrogens is 357 g/mol. The lowest BCUT2D eigenvalue weighted by atomic mass is 9.98. The van der Waals surface area contributed by atoms with E-state index >= 15 is 0 Å². The summed E-state index contributed by atoms with van der Waals surface area (Å²) >= 11 is 0. The van der Waals surface area contributed by atoms with Gasteiger partial charge in [-0.1, -0.05) is 12.1 Å². The van der Waals surface area contributed by atoms with E-state index < -0.39 is 11.7 Å². The van der Waals surface area contributed by atoms with Crippen LogP contribution in [0.15, 0.2) is 42.6 Å². The number of halogens is 3. The highest BCUT2D eigenvalue weighted by Crippen LogP contribution is 2.34. The fourth-order valence-corrected chi connectivity index (χ4v) is 3.58. The van der Waals surface area contributed by atoms with E-state index in [-0.39, 0.29) is 17.6 Å². The Balaban J connectivity index is 1.80. The van der Waals surface area contributed by atoms with Crippen molar-refractivity contribution in [2.45, 2.75) is 32.5 Å². The van der Waals surface area contributed by atoms with Crippen LogP contribution >= 0.6 is 0 Å². The first-order valence-electron chi connectivity index (χ1n) is 9.12. The number of alkyl halides is 3. The third-order valence-corrected chi connectivity index (χ3v) is 4.81. The largest absolute Gasteiger partial charge is 0.466 e. The van der Waals surface area contributed by atoms with Crippen LogP contribution in [-0.2, 0) is 22.3 Å². The van der Waals surface area contributed by atoms with E-state index in [2.05, 4.69) is 4.90 Å². The predicted molar refractivity (Wildman–Crippen MR) is 95.4 cm³/mol. The van der Waals surface area contributed by atoms with E-state index in [0.717, 1.165) is 31.1 Å². The van der Waals surface area contributed by atoms with Crippen LogP contribution in [0, 0.1) is 5.92 Å². The average molecular weight is 380 g/mol. The van der Waals surface area contributed by atoms with Crippen LogP contribution in [0.5, 0.6) is 0 Å². The quantitative estimate of drug-likeness (QED) is 0.727. The Bertz CT molecular complexity index is 786. The van der Waals surface area contributed by atoms with Gasteiger partial charge in [-0.25, -0.2) is 0 Å². The predicted octanol–water partition coefficient (Wildman–Crippen LogP) is 4.27. The summed E-state index contributed by atoms with van der Waals surface area (Å²) in [6.45, 7) is 3.98. The van der Waals surface area contributed by atoms with Gasteiger partial charge in [0.15, 0.2) is 0 Å². The van der Waals surface area contributed by atoms with E-state index in [1.807, 2.05) is 6.07 Å². The number of benzene rings is 1. The Morgan fingerprint density at radius 3 is 2.74 bits per heavy atom. The lowest BCUT2D eigenvalue weighted by Gasteiger charge is -2.31. The van der Waals surface area contributed by atoms with E-state index in [0.29, 0.717) is 19.7 Å². The number of piperidine rings is 1. The van der Waals surface area contributed by atoms with Gasteiger partial charge in [-0.2, -0.15) is 13.2 Å². The molecule has 3 rings (SSSR count). The zero-order valence-corrected chi connectivity index (χ0v) is 15.2. The first-order valence-corrected chi connectivity index (χ1v) is 9.12. The molecule has 0 spiro atoms. The summed E-state index contributed by atoms with van der Waals surface area (Å²) < 4.78 is 46.8. The average Bonchev–Trinajstić information content (AvgIpc) is 3.09. The molecule has 7 heteroatoms. The molecule has 2 aromatic rings. The Kier molecular flexibility index (Phi) is 5.89. The molecule has 0 N–H and O–H groups in total. The summed E-state index contributed by atoms with van der Waals surface area (Å²) in [5.74, 6) is -0.371. The Hall–Kier alpha value is -2.28. The maximum atomic E-state index is 13.4. The molecule has 1 aliphatic rings. The number of ether oxygens (including phenoxy) is 1. The van der Waals surface area contributed by atoms with Gasteiger partial charge in [0.2, 0.25) is 0 Å². The van der Waals surface area contributed by atoms with Crippen molar-refractivity contribution in [2.24, 2.45) is 5.92 Å². The molecular formula is C20H23F3N2O2. The minimum Gasteiger partial charge on any atom is -0.466 e. The van der Waals surface area contributed by atoms with E-state index in [4.69, 9.17) is 4.74 Å². The second-order valence-electron chi connectivity index (χ2n) is 6.71. The lowest BCUT2D eigenvalue weighted by Crippen LogP contribution is -2.39. The molecule has 1 fully saturated rings. The van der Waals surface area contributed by atoms with Gasteiger partial charge in [0.05, 0.1) is 23.8 Å². The maximum Gasteiger partial charge on any atom is 0.418 e. The molecule has 4 nitrogen and oxygen atoms in total. The molecule has 0 aliphatic carbocycles. The van der Waals surface area contributed by atoms with Crippen molar-refractivity contribution in [3.63, 3.8) is 0 Å². The van der Waals surface area contributed by atoms with Crippen LogP contribution in [0.25, 0.3) is 5.69 Å². The second-order valence-corrected chi connectivity index (χ2v) is 6.71. The van der Waals surface area contributed by atoms with Gasteiger partial charge in [0.25, 0.3) is 0 Å². The number of nitrogens with zero attached hydrogens (tertiary/aromatic N) is 2. The molecule has 1 saturated heterocycles. The van der Waals surface area contributed by atoms with Gasteiger partial charge in [-0.3, -0.25) is 9.69 Å². The third-order valence-electron chi connectivity index (χ3n) is 4.81. The third kappa shape index (κ3) is 4.53. The zero-order valence-electron chi connectivity index (χ0n) is 15.2. The van der Waals surface area contributed by atoms with Gasteiger partial charge >= 0.3 is 12.1 Å². The summed E-state index contributed by atoms with van der Waals surface area (Å²) in [5.41, 5.74) is 0.214. The summed E-state index contributed by atoms with van der Waals surface area (Å²) in [7, 11) is 0. The van der Waals surface area contributed by atoms with Crippen LogP contribution in [0.3, 0.4) is 0 Å². The normalized spacial score (nSPS) is 18.4. The second kappa shape index (κ2) is 8.17. The summed E-state index contributed by atoms with van der Waals surface area (Å²) in [4.78, 5) is 14.1. The van der Waals surface area contributed by atoms with E-state index in [1.165, 1.54) is 12.1 Å². The van der Waals surface area contributed by atoms with Gasteiger partial charge in [0, 0.05) is 25.0 Å². The van der Waals surface area contributed by atoms with Crippen LogP contribution in [0.2, 0.25) is 0 Å². The highest BCUT2D eigenvalue weighted by atomic mass is 19.4. The first-order chi connectivity index (χ1) is 12.9. The number of hydrogen-bond donors (Lipinski definition) is 0. The molecule has 1 unspecified atom stereocenters. The van der Waals surface area contributed by atoms with Crippen molar-refractivity contribution in [3.05, 3.63) is 53.9 Å². The van der Waals surface area contributed by atoms with Crippen LogP contribution in [-0.4, -0.2) is 35.1 Å². The molecule has 1 aliphatic heterocycles. The standard InChI is InChI=1S/C20H23F3N2O2/c1-2-27-19(26)15-7-5-11-24(13-15)14-16-8-6-12-25(16)18-10-4-3-9-17(18)20(21,22)23/h3-4,6,8-10,12,15H,2,5,7,11,13-14H2,1H3. The summed E-state index contributed by atoms with van der Waals surface area (Å²) in [5, 5.41) is 0. The van der Waals surface area contributed by atoms with Crippen molar-refractivity contribution in [3.8, 4) is 5.69 Å². The molecule has 0 saturated carbocycles. The first kappa shape index (κ1) is 19.5. The molecule has 0 bridgehead atoms. The number of carbonyl (C=O) groups is 1. The highest BCUT2D eigenvalue weighted by Gasteiger charge is 2.34. The maximum absolute atomic E-state index is 13.4. The van der Waals surface area contributed by atoms with Crippen molar-refractivity contribution in [2.75, 3.05) is 19.7 Å². The van der Waals surface area contributed by atoms with Crippen LogP contribution < -0.4 is 0 Å². The fraction of sp³-hybridized carbons (Fsp3) is 0.450.